The molecule has 1 N–H and O–H groups in total. The molecule has 2 aromatic carbocycles. The fourth-order valence-electron chi connectivity index (χ4n) is 3.49. The third-order valence-corrected chi connectivity index (χ3v) is 5.24. The molecule has 1 heterocycles. The third kappa shape index (κ3) is 5.49. The second kappa shape index (κ2) is 10.4. The molecule has 0 saturated carbocycles. The fourth-order valence-corrected chi connectivity index (χ4v) is 3.49. The van der Waals surface area contributed by atoms with Crippen LogP contribution in [0.2, 0.25) is 0 Å². The molecule has 1 aromatic heterocycles. The Balaban J connectivity index is 2.00. The van der Waals surface area contributed by atoms with Crippen molar-refractivity contribution in [1.29, 1.82) is 0 Å². The van der Waals surface area contributed by atoms with Crippen LogP contribution < -0.4 is 4.74 Å². The molecule has 0 fully saturated rings. The molecule has 5 nitrogen and oxygen atoms in total. The van der Waals surface area contributed by atoms with Crippen molar-refractivity contribution in [2.45, 2.75) is 53.2 Å². The van der Waals surface area contributed by atoms with E-state index in [9.17, 15) is 5.11 Å². The summed E-state index contributed by atoms with van der Waals surface area (Å²) in [6.45, 7) is 10.5. The van der Waals surface area contributed by atoms with Crippen LogP contribution in [0, 0.1) is 13.8 Å². The van der Waals surface area contributed by atoms with Crippen LogP contribution in [-0.4, -0.2) is 39.0 Å². The molecule has 0 aliphatic heterocycles. The Morgan fingerprint density at radius 3 is 2.37 bits per heavy atom. The van der Waals surface area contributed by atoms with Gasteiger partial charge in [0.15, 0.2) is 0 Å². The van der Waals surface area contributed by atoms with Crippen molar-refractivity contribution in [3.05, 3.63) is 71.4 Å². The monoisotopic (exact) mass is 407 g/mol. The van der Waals surface area contributed by atoms with Crippen molar-refractivity contribution < 1.29 is 9.84 Å². The first-order valence-electron chi connectivity index (χ1n) is 10.8. The highest BCUT2D eigenvalue weighted by Crippen LogP contribution is 2.32. The van der Waals surface area contributed by atoms with E-state index in [1.807, 2.05) is 73.1 Å². The van der Waals surface area contributed by atoms with E-state index in [1.165, 1.54) is 5.56 Å². The van der Waals surface area contributed by atoms with Crippen molar-refractivity contribution in [2.24, 2.45) is 0 Å². The van der Waals surface area contributed by atoms with Crippen LogP contribution in [0.25, 0.3) is 5.69 Å². The van der Waals surface area contributed by atoms with E-state index < -0.39 is 0 Å². The molecule has 0 spiro atoms. The van der Waals surface area contributed by atoms with Crippen molar-refractivity contribution in [3.63, 3.8) is 0 Å². The molecule has 0 aliphatic carbocycles. The van der Waals surface area contributed by atoms with E-state index in [0.29, 0.717) is 13.1 Å². The number of benzene rings is 2. The van der Waals surface area contributed by atoms with E-state index in [-0.39, 0.29) is 6.10 Å². The van der Waals surface area contributed by atoms with E-state index in [0.717, 1.165) is 48.0 Å². The Hall–Kier alpha value is -2.63. The SMILES string of the molecule is CCCN(Cc1c(C)nn(-c2ccccc2)c1Oc1ccc(C)cc1)CC(O)CC. The van der Waals surface area contributed by atoms with E-state index >= 15 is 0 Å². The maximum Gasteiger partial charge on any atom is 0.227 e. The smallest absolute Gasteiger partial charge is 0.227 e. The molecule has 0 aliphatic rings. The predicted molar refractivity (Wildman–Crippen MR) is 121 cm³/mol. The summed E-state index contributed by atoms with van der Waals surface area (Å²) in [6, 6.07) is 18.1. The summed E-state index contributed by atoms with van der Waals surface area (Å²) >= 11 is 0. The minimum atomic E-state index is -0.331. The zero-order valence-corrected chi connectivity index (χ0v) is 18.5. The van der Waals surface area contributed by atoms with Gasteiger partial charge in [-0.3, -0.25) is 4.90 Å². The fraction of sp³-hybridized carbons (Fsp3) is 0.400. The Bertz CT molecular complexity index is 920. The van der Waals surface area contributed by atoms with Crippen molar-refractivity contribution >= 4 is 0 Å². The first kappa shape index (κ1) is 22.1. The van der Waals surface area contributed by atoms with Crippen LogP contribution >= 0.6 is 0 Å². The number of aryl methyl sites for hydroxylation is 2. The summed E-state index contributed by atoms with van der Waals surface area (Å²) in [5, 5.41) is 15.0. The largest absolute Gasteiger partial charge is 0.439 e. The van der Waals surface area contributed by atoms with Gasteiger partial charge in [0.2, 0.25) is 5.88 Å². The Kier molecular flexibility index (Phi) is 7.66. The van der Waals surface area contributed by atoms with Gasteiger partial charge in [-0.25, -0.2) is 4.68 Å². The molecule has 0 bridgehead atoms. The standard InChI is InChI=1S/C25H33N3O2/c1-5-16-27(17-22(29)6-2)18-24-20(4)26-28(21-10-8-7-9-11-21)25(24)30-23-14-12-19(3)13-15-23/h7-15,22,29H,5-6,16-18H2,1-4H3. The lowest BCUT2D eigenvalue weighted by atomic mass is 10.2. The quantitative estimate of drug-likeness (QED) is 0.498. The van der Waals surface area contributed by atoms with Gasteiger partial charge in [0.05, 0.1) is 23.0 Å². The molecule has 3 aromatic rings. The second-order valence-corrected chi connectivity index (χ2v) is 7.83. The van der Waals surface area contributed by atoms with Gasteiger partial charge < -0.3 is 9.84 Å². The lowest BCUT2D eigenvalue weighted by molar-refractivity contribution is 0.105. The summed E-state index contributed by atoms with van der Waals surface area (Å²) in [6.07, 6.45) is 1.44. The summed E-state index contributed by atoms with van der Waals surface area (Å²) in [7, 11) is 0. The summed E-state index contributed by atoms with van der Waals surface area (Å²) in [5.74, 6) is 1.52. The highest BCUT2D eigenvalue weighted by atomic mass is 16.5. The number of hydrogen-bond acceptors (Lipinski definition) is 4. The van der Waals surface area contributed by atoms with Crippen LogP contribution in [0.1, 0.15) is 43.5 Å². The second-order valence-electron chi connectivity index (χ2n) is 7.83. The van der Waals surface area contributed by atoms with Crippen molar-refractivity contribution in [1.82, 2.24) is 14.7 Å². The maximum absolute atomic E-state index is 10.2. The van der Waals surface area contributed by atoms with E-state index in [4.69, 9.17) is 9.84 Å². The van der Waals surface area contributed by atoms with Gasteiger partial charge in [0.25, 0.3) is 0 Å². The molecular formula is C25H33N3O2. The number of nitrogens with zero attached hydrogens (tertiary/aromatic N) is 3. The maximum atomic E-state index is 10.2. The Morgan fingerprint density at radius 1 is 1.03 bits per heavy atom. The van der Waals surface area contributed by atoms with Crippen LogP contribution in [0.4, 0.5) is 0 Å². The molecule has 0 amide bonds. The zero-order valence-electron chi connectivity index (χ0n) is 18.5. The van der Waals surface area contributed by atoms with Gasteiger partial charge in [-0.2, -0.15) is 5.10 Å². The lowest BCUT2D eigenvalue weighted by Gasteiger charge is -2.24. The first-order valence-corrected chi connectivity index (χ1v) is 10.8. The molecule has 0 saturated heterocycles. The van der Waals surface area contributed by atoms with Gasteiger partial charge in [0, 0.05) is 13.1 Å². The molecule has 160 valence electrons. The zero-order chi connectivity index (χ0) is 21.5. The number of aliphatic hydroxyl groups is 1. The molecule has 3 rings (SSSR count). The van der Waals surface area contributed by atoms with Crippen LogP contribution in [0.15, 0.2) is 54.6 Å². The van der Waals surface area contributed by atoms with Crippen LogP contribution in [0.3, 0.4) is 0 Å². The lowest BCUT2D eigenvalue weighted by Crippen LogP contribution is -2.32. The molecular weight excluding hydrogens is 374 g/mol. The molecule has 0 radical (unpaired) electrons. The average molecular weight is 408 g/mol. The highest BCUT2D eigenvalue weighted by molar-refractivity contribution is 5.43. The van der Waals surface area contributed by atoms with Gasteiger partial charge in [-0.05, 0) is 57.5 Å². The van der Waals surface area contributed by atoms with Gasteiger partial charge in [-0.15, -0.1) is 0 Å². The molecule has 1 atom stereocenters. The third-order valence-electron chi connectivity index (χ3n) is 5.24. The number of hydrogen-bond donors (Lipinski definition) is 1. The van der Waals surface area contributed by atoms with Crippen LogP contribution in [-0.2, 0) is 6.54 Å². The van der Waals surface area contributed by atoms with Crippen LogP contribution in [0.5, 0.6) is 11.6 Å². The minimum Gasteiger partial charge on any atom is -0.439 e. The summed E-state index contributed by atoms with van der Waals surface area (Å²) < 4.78 is 8.27. The van der Waals surface area contributed by atoms with Gasteiger partial charge >= 0.3 is 0 Å². The number of aromatic nitrogens is 2. The van der Waals surface area contributed by atoms with E-state index in [2.05, 4.69) is 18.7 Å². The van der Waals surface area contributed by atoms with Crippen molar-refractivity contribution in [2.75, 3.05) is 13.1 Å². The van der Waals surface area contributed by atoms with Gasteiger partial charge in [-0.1, -0.05) is 49.7 Å². The number of para-hydroxylation sites is 1. The number of aliphatic hydroxyl groups excluding tert-OH is 1. The molecule has 5 heteroatoms. The Morgan fingerprint density at radius 2 is 1.73 bits per heavy atom. The van der Waals surface area contributed by atoms with Gasteiger partial charge in [0.1, 0.15) is 5.75 Å². The Labute approximate surface area is 179 Å². The number of ether oxygens (including phenoxy) is 1. The summed E-state index contributed by atoms with van der Waals surface area (Å²) in [5.41, 5.74) is 4.15. The average Bonchev–Trinajstić information content (AvgIpc) is 3.05. The molecule has 30 heavy (non-hydrogen) atoms. The molecule has 1 unspecified atom stereocenters. The topological polar surface area (TPSA) is 50.5 Å². The highest BCUT2D eigenvalue weighted by Gasteiger charge is 2.22. The van der Waals surface area contributed by atoms with Crippen molar-refractivity contribution in [3.8, 4) is 17.3 Å². The normalized spacial score (nSPS) is 12.3. The first-order chi connectivity index (χ1) is 14.5. The summed E-state index contributed by atoms with van der Waals surface area (Å²) in [4.78, 5) is 2.29. The number of rotatable bonds is 10. The van der Waals surface area contributed by atoms with E-state index in [1.54, 1.807) is 0 Å². The minimum absolute atomic E-state index is 0.331. The predicted octanol–water partition coefficient (Wildman–Crippen LogP) is 5.26.